The third kappa shape index (κ3) is 3.62. The first-order chi connectivity index (χ1) is 17.7. The van der Waals surface area contributed by atoms with Crippen LogP contribution >= 0.6 is 50.4 Å². The van der Waals surface area contributed by atoms with Gasteiger partial charge in [0.25, 0.3) is 0 Å². The minimum atomic E-state index is 0.0699. The number of halogens is 1. The molecule has 1 aliphatic heterocycles. The fraction of sp³-hybridized carbons (Fsp3) is 0.0625. The molecule has 0 spiro atoms. The van der Waals surface area contributed by atoms with Gasteiger partial charge in [0, 0.05) is 15.3 Å². The number of hydrogen-bond donors (Lipinski definition) is 0. The van der Waals surface area contributed by atoms with Crippen molar-refractivity contribution in [1.29, 1.82) is 0 Å². The molecular weight excluding hydrogens is 560 g/mol. The third-order valence-electron chi connectivity index (χ3n) is 6.91. The van der Waals surface area contributed by atoms with E-state index in [0.717, 1.165) is 6.42 Å². The Hall–Kier alpha value is -2.63. The second kappa shape index (κ2) is 9.04. The molecule has 5 aromatic carbocycles. The maximum Gasteiger partial charge on any atom is 0.113 e. The van der Waals surface area contributed by atoms with E-state index in [2.05, 4.69) is 129 Å². The van der Waals surface area contributed by atoms with Crippen molar-refractivity contribution >= 4 is 93.5 Å². The fourth-order valence-electron chi connectivity index (χ4n) is 5.35. The summed E-state index contributed by atoms with van der Waals surface area (Å²) in [6.07, 6.45) is 3.30. The van der Waals surface area contributed by atoms with E-state index in [4.69, 9.17) is 0 Å². The number of rotatable bonds is 2. The molecule has 7 aromatic rings. The smallest absolute Gasteiger partial charge is 0.113 e. The van der Waals surface area contributed by atoms with Gasteiger partial charge in [-0.1, -0.05) is 101 Å². The zero-order valence-corrected chi connectivity index (χ0v) is 23.3. The summed E-state index contributed by atoms with van der Waals surface area (Å²) in [6.45, 7) is 0. The molecule has 0 saturated heterocycles. The number of fused-ring (bicyclic) bond motifs is 2. The quantitative estimate of drug-likeness (QED) is 0.111. The van der Waals surface area contributed by atoms with Crippen LogP contribution in [0, 0.1) is 0 Å². The Morgan fingerprint density at radius 1 is 0.611 bits per heavy atom. The van der Waals surface area contributed by atoms with Gasteiger partial charge in [0.05, 0.1) is 0 Å². The highest BCUT2D eigenvalue weighted by Crippen LogP contribution is 2.55. The highest BCUT2D eigenvalue weighted by atomic mass is 79.9. The van der Waals surface area contributed by atoms with Crippen LogP contribution in [0.4, 0.5) is 0 Å². The second-order valence-corrected chi connectivity index (χ2v) is 13.9. The molecule has 0 amide bonds. The first kappa shape index (κ1) is 22.6. The summed E-state index contributed by atoms with van der Waals surface area (Å²) in [5, 5.41) is 17.4. The highest BCUT2D eigenvalue weighted by Gasteiger charge is 2.34. The average Bonchev–Trinajstić information content (AvgIpc) is 3.70. The van der Waals surface area contributed by atoms with Gasteiger partial charge in [0.1, 0.15) is 3.66 Å². The Labute approximate surface area is 230 Å². The monoisotopic (exact) mass is 580 g/mol. The van der Waals surface area contributed by atoms with Crippen LogP contribution in [0.25, 0.3) is 53.5 Å². The van der Waals surface area contributed by atoms with Gasteiger partial charge in [0.15, 0.2) is 0 Å². The lowest BCUT2D eigenvalue weighted by atomic mass is 9.90. The van der Waals surface area contributed by atoms with Crippen molar-refractivity contribution in [2.75, 3.05) is 0 Å². The van der Waals surface area contributed by atoms with Gasteiger partial charge in [0.2, 0.25) is 0 Å². The molecule has 0 fully saturated rings. The van der Waals surface area contributed by atoms with E-state index >= 15 is 0 Å². The van der Waals surface area contributed by atoms with E-state index in [9.17, 15) is 0 Å². The van der Waals surface area contributed by atoms with E-state index in [-0.39, 0.29) is 3.66 Å². The predicted molar refractivity (Wildman–Crippen MR) is 167 cm³/mol. The van der Waals surface area contributed by atoms with Crippen molar-refractivity contribution in [2.24, 2.45) is 0 Å². The first-order valence-electron chi connectivity index (χ1n) is 11.9. The molecule has 0 saturated carbocycles. The van der Waals surface area contributed by atoms with Crippen LogP contribution in [0.1, 0.15) is 11.3 Å². The van der Waals surface area contributed by atoms with Crippen molar-refractivity contribution in [3.63, 3.8) is 0 Å². The lowest BCUT2D eigenvalue weighted by Gasteiger charge is -2.20. The van der Waals surface area contributed by atoms with Gasteiger partial charge in [-0.15, -0.1) is 34.4 Å². The zero-order chi connectivity index (χ0) is 24.1. The Balaban J connectivity index is 0.000000126. The van der Waals surface area contributed by atoms with Gasteiger partial charge in [-0.3, -0.25) is 0 Å². The Morgan fingerprint density at radius 3 is 1.67 bits per heavy atom. The molecule has 0 aliphatic carbocycles. The van der Waals surface area contributed by atoms with E-state index in [1.54, 1.807) is 0 Å². The van der Waals surface area contributed by atoms with Gasteiger partial charge >= 0.3 is 0 Å². The standard InChI is InChI=1S/C20H12.C12H9BrS3/c1-5-13-6-2-11-17-18-12-4-8-14-7-3-10-16(20(14)18)15(9-1)19(13)17;13-12(5-2-7-16-12)11-9(4-8-15-11)10-3-1-6-14-10/h1-12H;1-4,6-8H,5H2. The first-order valence-corrected chi connectivity index (χ1v) is 15.3. The maximum atomic E-state index is 3.89. The van der Waals surface area contributed by atoms with Crippen LogP contribution in [-0.4, -0.2) is 0 Å². The molecule has 4 heteroatoms. The molecule has 0 bridgehead atoms. The lowest BCUT2D eigenvalue weighted by molar-refractivity contribution is 0.961. The highest BCUT2D eigenvalue weighted by molar-refractivity contribution is 9.11. The summed E-state index contributed by atoms with van der Waals surface area (Å²) >= 11 is 9.40. The Bertz CT molecular complexity index is 1680. The van der Waals surface area contributed by atoms with Gasteiger partial charge in [-0.05, 0) is 77.8 Å². The molecule has 2 aromatic heterocycles. The zero-order valence-electron chi connectivity index (χ0n) is 19.3. The van der Waals surface area contributed by atoms with E-state index in [1.165, 1.54) is 58.4 Å². The molecule has 3 heterocycles. The summed E-state index contributed by atoms with van der Waals surface area (Å²) in [5.74, 6) is 0. The van der Waals surface area contributed by atoms with E-state index in [1.807, 2.05) is 34.4 Å². The van der Waals surface area contributed by atoms with Crippen LogP contribution in [0.5, 0.6) is 0 Å². The molecule has 36 heavy (non-hydrogen) atoms. The normalized spacial score (nSPS) is 17.4. The van der Waals surface area contributed by atoms with E-state index < -0.39 is 0 Å². The largest absolute Gasteiger partial charge is 0.146 e. The Kier molecular flexibility index (Phi) is 5.66. The van der Waals surface area contributed by atoms with Gasteiger partial charge in [-0.25, -0.2) is 0 Å². The maximum absolute atomic E-state index is 3.89. The molecule has 0 N–H and O–H groups in total. The van der Waals surface area contributed by atoms with E-state index in [0.29, 0.717) is 0 Å². The number of thioether (sulfide) groups is 1. The molecule has 0 radical (unpaired) electrons. The van der Waals surface area contributed by atoms with Crippen molar-refractivity contribution < 1.29 is 0 Å². The molecule has 1 unspecified atom stereocenters. The molecule has 1 aliphatic rings. The summed E-state index contributed by atoms with van der Waals surface area (Å²) < 4.78 is 0.0699. The predicted octanol–water partition coefficient (Wildman–Crippen LogP) is 11.4. The molecule has 1 atom stereocenters. The summed E-state index contributed by atoms with van der Waals surface area (Å²) in [6, 6.07) is 33.0. The molecule has 174 valence electrons. The number of hydrogen-bond acceptors (Lipinski definition) is 3. The number of benzene rings is 5. The van der Waals surface area contributed by atoms with Crippen LogP contribution in [-0.2, 0) is 3.66 Å². The molecule has 8 rings (SSSR count). The van der Waals surface area contributed by atoms with Crippen molar-refractivity contribution in [3.8, 4) is 10.4 Å². The third-order valence-corrected chi connectivity index (χ3v) is 11.6. The molecular formula is C32H21BrS3. The minimum absolute atomic E-state index is 0.0699. The second-order valence-electron chi connectivity index (χ2n) is 8.98. The summed E-state index contributed by atoms with van der Waals surface area (Å²) in [7, 11) is 0. The van der Waals surface area contributed by atoms with Crippen LogP contribution in [0.15, 0.2) is 113 Å². The minimum Gasteiger partial charge on any atom is -0.146 e. The van der Waals surface area contributed by atoms with Crippen LogP contribution in [0.2, 0.25) is 0 Å². The van der Waals surface area contributed by atoms with Crippen molar-refractivity contribution in [3.05, 3.63) is 118 Å². The summed E-state index contributed by atoms with van der Waals surface area (Å²) in [5.41, 5.74) is 1.38. The van der Waals surface area contributed by atoms with Crippen LogP contribution in [0.3, 0.4) is 0 Å². The number of alkyl halides is 1. The fourth-order valence-corrected chi connectivity index (χ4v) is 9.19. The number of thiophene rings is 2. The average molecular weight is 582 g/mol. The Morgan fingerprint density at radius 2 is 1.19 bits per heavy atom. The van der Waals surface area contributed by atoms with Crippen molar-refractivity contribution in [2.45, 2.75) is 10.1 Å². The van der Waals surface area contributed by atoms with Gasteiger partial charge < -0.3 is 0 Å². The number of allylic oxidation sites excluding steroid dienone is 1. The topological polar surface area (TPSA) is 0 Å². The lowest BCUT2D eigenvalue weighted by Crippen LogP contribution is -2.07. The van der Waals surface area contributed by atoms with Gasteiger partial charge in [-0.2, -0.15) is 0 Å². The van der Waals surface area contributed by atoms with Crippen LogP contribution < -0.4 is 0 Å². The SMILES string of the molecule is BrC1(c2sccc2-c2cccs2)CC=CS1.c1cc2cccc3c4cccc5cccc(c(c1)c23)c54. The summed E-state index contributed by atoms with van der Waals surface area (Å²) in [4.78, 5) is 2.80. The molecule has 0 nitrogen and oxygen atoms in total. The van der Waals surface area contributed by atoms with Crippen molar-refractivity contribution in [1.82, 2.24) is 0 Å².